The molecule has 0 aliphatic heterocycles. The van der Waals surface area contributed by atoms with Gasteiger partial charge in [-0.3, -0.25) is 0 Å². The Hall–Kier alpha value is -1.16. The van der Waals surface area contributed by atoms with Gasteiger partial charge in [0.2, 0.25) is 0 Å². The maximum Gasteiger partial charge on any atom is 0.177 e. The molecule has 0 aliphatic carbocycles. The predicted octanol–water partition coefficient (Wildman–Crippen LogP) is 2.99. The Morgan fingerprint density at radius 3 is 2.43 bits per heavy atom. The predicted molar refractivity (Wildman–Crippen MR) is 56.3 cm³/mol. The monoisotopic (exact) mass is 254 g/mol. The van der Waals surface area contributed by atoms with E-state index in [1.165, 1.54) is 12.1 Å². The lowest BCUT2D eigenvalue weighted by Gasteiger charge is -2.02. The molecule has 2 nitrogen and oxygen atoms in total. The molecule has 0 N–H and O–H groups in total. The molecule has 0 radical (unpaired) electrons. The summed E-state index contributed by atoms with van der Waals surface area (Å²) in [4.78, 5) is 4.10. The largest absolute Gasteiger partial charge is 0.322 e. The summed E-state index contributed by atoms with van der Waals surface area (Å²) in [6.07, 6.45) is 1.75. The lowest BCUT2D eigenvalue weighted by atomic mass is 10.2. The number of halogens is 2. The summed E-state index contributed by atoms with van der Waals surface area (Å²) in [5, 5.41) is 0. The van der Waals surface area contributed by atoms with Crippen molar-refractivity contribution in [2.45, 2.75) is 0 Å². The second-order valence-electron chi connectivity index (χ2n) is 2.98. The lowest BCUT2D eigenvalue weighted by molar-refractivity contribution is 0.628. The molecule has 0 unspecified atom stereocenters. The first-order chi connectivity index (χ1) is 6.68. The summed E-state index contributed by atoms with van der Waals surface area (Å²) < 4.78 is 15.3. The van der Waals surface area contributed by atoms with Crippen molar-refractivity contribution in [2.75, 3.05) is 0 Å². The summed E-state index contributed by atoms with van der Waals surface area (Å²) in [5.41, 5.74) is 1.91. The van der Waals surface area contributed by atoms with Gasteiger partial charge in [-0.05, 0) is 45.8 Å². The summed E-state index contributed by atoms with van der Waals surface area (Å²) >= 11 is 3.31. The van der Waals surface area contributed by atoms with Gasteiger partial charge >= 0.3 is 0 Å². The third-order valence-corrected chi connectivity index (χ3v) is 2.81. The Morgan fingerprint density at radius 2 is 1.93 bits per heavy atom. The number of rotatable bonds is 1. The molecule has 1 heterocycles. The van der Waals surface area contributed by atoms with Gasteiger partial charge in [0.05, 0.1) is 11.9 Å². The van der Waals surface area contributed by atoms with Gasteiger partial charge in [-0.15, -0.1) is 0 Å². The SMILES string of the molecule is Cn1c(-c2ccc(F)cc2)cnc1Br. The Labute approximate surface area is 89.5 Å². The van der Waals surface area contributed by atoms with Crippen molar-refractivity contribution in [1.29, 1.82) is 0 Å². The minimum atomic E-state index is -0.227. The average Bonchev–Trinajstić information content (AvgIpc) is 2.50. The fourth-order valence-electron chi connectivity index (χ4n) is 1.28. The van der Waals surface area contributed by atoms with Crippen molar-refractivity contribution in [3.63, 3.8) is 0 Å². The zero-order valence-electron chi connectivity index (χ0n) is 7.54. The number of aromatic nitrogens is 2. The van der Waals surface area contributed by atoms with Crippen molar-refractivity contribution in [2.24, 2.45) is 7.05 Å². The van der Waals surface area contributed by atoms with Gasteiger partial charge in [-0.25, -0.2) is 9.37 Å². The van der Waals surface area contributed by atoms with E-state index in [2.05, 4.69) is 20.9 Å². The van der Waals surface area contributed by atoms with E-state index in [1.807, 2.05) is 11.6 Å². The van der Waals surface area contributed by atoms with E-state index in [9.17, 15) is 4.39 Å². The van der Waals surface area contributed by atoms with E-state index in [0.717, 1.165) is 16.0 Å². The zero-order valence-corrected chi connectivity index (χ0v) is 9.12. The number of hydrogen-bond acceptors (Lipinski definition) is 1. The third kappa shape index (κ3) is 1.57. The van der Waals surface area contributed by atoms with Gasteiger partial charge in [0.25, 0.3) is 0 Å². The molecule has 1 aromatic heterocycles. The summed E-state index contributed by atoms with van der Waals surface area (Å²) in [5.74, 6) is -0.227. The maximum atomic E-state index is 12.7. The van der Waals surface area contributed by atoms with Gasteiger partial charge in [0, 0.05) is 7.05 Å². The molecule has 0 atom stereocenters. The van der Waals surface area contributed by atoms with Crippen LogP contribution >= 0.6 is 15.9 Å². The molecule has 0 saturated carbocycles. The van der Waals surface area contributed by atoms with E-state index in [0.29, 0.717) is 0 Å². The van der Waals surface area contributed by atoms with Crippen LogP contribution in [0.4, 0.5) is 4.39 Å². The average molecular weight is 255 g/mol. The highest BCUT2D eigenvalue weighted by atomic mass is 79.9. The van der Waals surface area contributed by atoms with E-state index >= 15 is 0 Å². The Bertz CT molecular complexity index is 448. The van der Waals surface area contributed by atoms with Crippen LogP contribution in [0.5, 0.6) is 0 Å². The summed E-state index contributed by atoms with van der Waals surface area (Å²) in [6, 6.07) is 6.35. The van der Waals surface area contributed by atoms with Gasteiger partial charge in [0.15, 0.2) is 4.73 Å². The van der Waals surface area contributed by atoms with Crippen LogP contribution in [0.2, 0.25) is 0 Å². The maximum absolute atomic E-state index is 12.7. The molecular formula is C10H8BrFN2. The molecule has 0 aliphatic rings. The molecule has 0 amide bonds. The number of benzene rings is 1. The summed E-state index contributed by atoms with van der Waals surface area (Å²) in [6.45, 7) is 0. The second-order valence-corrected chi connectivity index (χ2v) is 3.69. The molecule has 72 valence electrons. The van der Waals surface area contributed by atoms with Crippen molar-refractivity contribution in [3.8, 4) is 11.3 Å². The highest BCUT2D eigenvalue weighted by Crippen LogP contribution is 2.21. The van der Waals surface area contributed by atoms with Crippen molar-refractivity contribution < 1.29 is 4.39 Å². The van der Waals surface area contributed by atoms with Crippen LogP contribution in [0.15, 0.2) is 35.2 Å². The molecule has 14 heavy (non-hydrogen) atoms. The van der Waals surface area contributed by atoms with Gasteiger partial charge in [-0.1, -0.05) is 0 Å². The van der Waals surface area contributed by atoms with Crippen LogP contribution < -0.4 is 0 Å². The Morgan fingerprint density at radius 1 is 1.29 bits per heavy atom. The van der Waals surface area contributed by atoms with Crippen LogP contribution in [-0.4, -0.2) is 9.55 Å². The standard InChI is InChI=1S/C10H8BrFN2/c1-14-9(6-13-10(14)11)7-2-4-8(12)5-3-7/h2-6H,1H3. The van der Waals surface area contributed by atoms with E-state index in [1.54, 1.807) is 18.3 Å². The van der Waals surface area contributed by atoms with Crippen LogP contribution in [-0.2, 0) is 7.05 Å². The zero-order chi connectivity index (χ0) is 10.1. The molecule has 4 heteroatoms. The third-order valence-electron chi connectivity index (χ3n) is 2.07. The van der Waals surface area contributed by atoms with Crippen molar-refractivity contribution in [1.82, 2.24) is 9.55 Å². The van der Waals surface area contributed by atoms with Gasteiger partial charge in [-0.2, -0.15) is 0 Å². The highest BCUT2D eigenvalue weighted by molar-refractivity contribution is 9.10. The lowest BCUT2D eigenvalue weighted by Crippen LogP contribution is -1.91. The van der Waals surface area contributed by atoms with Crippen LogP contribution in [0.1, 0.15) is 0 Å². The fraction of sp³-hybridized carbons (Fsp3) is 0.100. The molecular weight excluding hydrogens is 247 g/mol. The number of nitrogens with zero attached hydrogens (tertiary/aromatic N) is 2. The molecule has 2 aromatic rings. The quantitative estimate of drug-likeness (QED) is 0.765. The smallest absolute Gasteiger partial charge is 0.177 e. The first-order valence-corrected chi connectivity index (χ1v) is 4.91. The minimum absolute atomic E-state index is 0.227. The molecule has 0 spiro atoms. The van der Waals surface area contributed by atoms with Gasteiger partial charge < -0.3 is 4.57 Å². The normalized spacial score (nSPS) is 10.5. The number of hydrogen-bond donors (Lipinski definition) is 0. The first kappa shape index (κ1) is 9.40. The van der Waals surface area contributed by atoms with Crippen molar-refractivity contribution in [3.05, 3.63) is 41.0 Å². The Kier molecular flexibility index (Phi) is 2.37. The van der Waals surface area contributed by atoms with Crippen LogP contribution in [0.3, 0.4) is 0 Å². The van der Waals surface area contributed by atoms with E-state index in [-0.39, 0.29) is 5.82 Å². The van der Waals surface area contributed by atoms with Crippen LogP contribution in [0, 0.1) is 5.82 Å². The molecule has 0 fully saturated rings. The fourth-order valence-corrected chi connectivity index (χ4v) is 1.57. The Balaban J connectivity index is 2.49. The topological polar surface area (TPSA) is 17.8 Å². The second kappa shape index (κ2) is 3.53. The van der Waals surface area contributed by atoms with Crippen molar-refractivity contribution >= 4 is 15.9 Å². The minimum Gasteiger partial charge on any atom is -0.322 e. The van der Waals surface area contributed by atoms with E-state index in [4.69, 9.17) is 0 Å². The summed E-state index contributed by atoms with van der Waals surface area (Å²) in [7, 11) is 1.90. The van der Waals surface area contributed by atoms with Gasteiger partial charge in [0.1, 0.15) is 5.82 Å². The van der Waals surface area contributed by atoms with Crippen LogP contribution in [0.25, 0.3) is 11.3 Å². The molecule has 0 saturated heterocycles. The highest BCUT2D eigenvalue weighted by Gasteiger charge is 2.05. The molecule has 2 rings (SSSR count). The molecule has 1 aromatic carbocycles. The first-order valence-electron chi connectivity index (χ1n) is 4.11. The number of imidazole rings is 1. The van der Waals surface area contributed by atoms with E-state index < -0.39 is 0 Å². The molecule has 0 bridgehead atoms.